The minimum atomic E-state index is -0.506. The molecule has 0 bridgehead atoms. The molecule has 2 aromatic rings. The second-order valence-electron chi connectivity index (χ2n) is 5.34. The first-order chi connectivity index (χ1) is 12.8. The molecule has 0 aromatic heterocycles. The maximum atomic E-state index is 12.8. The number of hydrogen-bond donors (Lipinski definition) is 1. The van der Waals surface area contributed by atoms with Crippen molar-refractivity contribution < 1.29 is 19.6 Å². The molecule has 7 nitrogen and oxygen atoms in total. The number of anilines is 1. The summed E-state index contributed by atoms with van der Waals surface area (Å²) in [5.74, 6) is 0.0218. The number of aromatic hydroxyl groups is 1. The number of benzene rings is 2. The molecule has 27 heavy (non-hydrogen) atoms. The van der Waals surface area contributed by atoms with Crippen LogP contribution in [0, 0.1) is 13.7 Å². The first-order valence-electron chi connectivity index (χ1n) is 7.40. The molecular weight excluding hydrogens is 503 g/mol. The van der Waals surface area contributed by atoms with E-state index in [1.54, 1.807) is 18.2 Å². The lowest BCUT2D eigenvalue weighted by atomic mass is 10.2. The van der Waals surface area contributed by atoms with E-state index < -0.39 is 4.92 Å². The molecule has 138 valence electrons. The van der Waals surface area contributed by atoms with Crippen LogP contribution in [0.4, 0.5) is 11.4 Å². The van der Waals surface area contributed by atoms with Gasteiger partial charge in [-0.15, -0.1) is 0 Å². The van der Waals surface area contributed by atoms with Gasteiger partial charge in [0.25, 0.3) is 11.6 Å². The number of nitrogens with zero attached hydrogens (tertiary/aromatic N) is 2. The molecule has 0 saturated carbocycles. The number of carbonyl (C=O) groups excluding carboxylic acids is 1. The molecule has 1 N–H and O–H groups in total. The van der Waals surface area contributed by atoms with Gasteiger partial charge in [-0.05, 0) is 58.5 Å². The third kappa shape index (κ3) is 3.92. The van der Waals surface area contributed by atoms with E-state index >= 15 is 0 Å². The van der Waals surface area contributed by atoms with E-state index in [-0.39, 0.29) is 17.3 Å². The zero-order valence-corrected chi connectivity index (χ0v) is 17.5. The average Bonchev–Trinajstić information content (AvgIpc) is 2.91. The van der Waals surface area contributed by atoms with Crippen LogP contribution in [-0.2, 0) is 4.79 Å². The van der Waals surface area contributed by atoms with Gasteiger partial charge < -0.3 is 9.84 Å². The molecule has 0 radical (unpaired) electrons. The van der Waals surface area contributed by atoms with Crippen molar-refractivity contribution in [1.29, 1.82) is 0 Å². The summed E-state index contributed by atoms with van der Waals surface area (Å²) in [5.41, 5.74) is 1.08. The van der Waals surface area contributed by atoms with Crippen LogP contribution in [0.25, 0.3) is 6.08 Å². The van der Waals surface area contributed by atoms with Gasteiger partial charge in [0.05, 0.1) is 26.2 Å². The number of rotatable bonds is 4. The fourth-order valence-electron chi connectivity index (χ4n) is 2.40. The Morgan fingerprint density at radius 2 is 2.00 bits per heavy atom. The Kier molecular flexibility index (Phi) is 5.67. The Balaban J connectivity index is 1.93. The molecule has 0 spiro atoms. The van der Waals surface area contributed by atoms with E-state index in [1.165, 1.54) is 36.3 Å². The summed E-state index contributed by atoms with van der Waals surface area (Å²) in [6.45, 7) is 0. The Hall–Kier alpha value is -2.18. The predicted molar refractivity (Wildman–Crippen MR) is 116 cm³/mol. The lowest BCUT2D eigenvalue weighted by molar-refractivity contribution is -0.384. The number of halogens is 1. The maximum absolute atomic E-state index is 12.8. The summed E-state index contributed by atoms with van der Waals surface area (Å²) in [6, 6.07) is 8.96. The van der Waals surface area contributed by atoms with E-state index in [0.717, 1.165) is 11.8 Å². The zero-order chi connectivity index (χ0) is 19.7. The van der Waals surface area contributed by atoms with Gasteiger partial charge in [-0.3, -0.25) is 19.8 Å². The molecule has 1 fully saturated rings. The second-order valence-corrected chi connectivity index (χ2v) is 8.18. The molecule has 3 rings (SSSR count). The Labute approximate surface area is 177 Å². The van der Waals surface area contributed by atoms with Crippen molar-refractivity contribution in [1.82, 2.24) is 0 Å². The highest BCUT2D eigenvalue weighted by Crippen LogP contribution is 2.38. The van der Waals surface area contributed by atoms with Gasteiger partial charge in [0.2, 0.25) is 0 Å². The fraction of sp³-hybridized carbons (Fsp3) is 0.0588. The van der Waals surface area contributed by atoms with Gasteiger partial charge in [0, 0.05) is 12.1 Å². The van der Waals surface area contributed by atoms with Crippen molar-refractivity contribution in [3.63, 3.8) is 0 Å². The molecule has 2 aromatic carbocycles. The molecule has 10 heteroatoms. The molecule has 0 atom stereocenters. The molecule has 1 saturated heterocycles. The topological polar surface area (TPSA) is 92.9 Å². The number of thioether (sulfide) groups is 1. The second kappa shape index (κ2) is 7.82. The third-order valence-electron chi connectivity index (χ3n) is 3.68. The van der Waals surface area contributed by atoms with Gasteiger partial charge in [-0.2, -0.15) is 0 Å². The fourth-order valence-corrected chi connectivity index (χ4v) is 4.32. The monoisotopic (exact) mass is 514 g/mol. The molecular formula is C17H11IN2O5S2. The number of phenols is 1. The Morgan fingerprint density at radius 3 is 2.59 bits per heavy atom. The van der Waals surface area contributed by atoms with Crippen molar-refractivity contribution >= 4 is 74.2 Å². The molecule has 1 aliphatic rings. The normalized spacial score (nSPS) is 15.5. The largest absolute Gasteiger partial charge is 0.504 e. The Bertz CT molecular complexity index is 992. The van der Waals surface area contributed by atoms with Gasteiger partial charge in [0.1, 0.15) is 0 Å². The van der Waals surface area contributed by atoms with Crippen LogP contribution in [0.2, 0.25) is 0 Å². The molecule has 1 heterocycles. The van der Waals surface area contributed by atoms with Gasteiger partial charge in [0.15, 0.2) is 15.8 Å². The average molecular weight is 514 g/mol. The number of ether oxygens (including phenoxy) is 1. The maximum Gasteiger partial charge on any atom is 0.270 e. The highest BCUT2D eigenvalue weighted by molar-refractivity contribution is 14.1. The van der Waals surface area contributed by atoms with Crippen molar-refractivity contribution in [2.75, 3.05) is 12.0 Å². The van der Waals surface area contributed by atoms with E-state index in [1.807, 2.05) is 22.6 Å². The number of nitro groups is 1. The predicted octanol–water partition coefficient (Wildman–Crippen LogP) is 4.32. The standard InChI is InChI=1S/C17H11IN2O5S2/c1-25-13-7-9(6-12(18)15(13)21)8-14-16(22)19(17(26)27-14)10-2-4-11(5-3-10)20(23)24/h2-8,21H,1H3/b14-8-. The highest BCUT2D eigenvalue weighted by Gasteiger charge is 2.33. The molecule has 1 aliphatic heterocycles. The number of thiocarbonyl (C=S) groups is 1. The first-order valence-corrected chi connectivity index (χ1v) is 9.71. The summed E-state index contributed by atoms with van der Waals surface area (Å²) < 4.78 is 6.05. The van der Waals surface area contributed by atoms with Crippen molar-refractivity contribution in [2.45, 2.75) is 0 Å². The van der Waals surface area contributed by atoms with Crippen LogP contribution >= 0.6 is 46.6 Å². The molecule has 0 aliphatic carbocycles. The number of non-ortho nitro benzene ring substituents is 1. The number of nitro benzene ring substituents is 1. The number of hydrogen-bond acceptors (Lipinski definition) is 7. The summed E-state index contributed by atoms with van der Waals surface area (Å²) in [5, 5.41) is 20.7. The van der Waals surface area contributed by atoms with Crippen LogP contribution in [-0.4, -0.2) is 27.4 Å². The Morgan fingerprint density at radius 1 is 1.33 bits per heavy atom. The summed E-state index contributed by atoms with van der Waals surface area (Å²) in [7, 11) is 1.45. The van der Waals surface area contributed by atoms with E-state index in [9.17, 15) is 20.0 Å². The molecule has 0 unspecified atom stereocenters. The number of methoxy groups -OCH3 is 1. The van der Waals surface area contributed by atoms with Crippen LogP contribution in [0.3, 0.4) is 0 Å². The van der Waals surface area contributed by atoms with E-state index in [4.69, 9.17) is 17.0 Å². The zero-order valence-electron chi connectivity index (χ0n) is 13.7. The first kappa shape index (κ1) is 19.6. The summed E-state index contributed by atoms with van der Waals surface area (Å²) in [6.07, 6.45) is 1.66. The van der Waals surface area contributed by atoms with Gasteiger partial charge in [-0.1, -0.05) is 24.0 Å². The summed E-state index contributed by atoms with van der Waals surface area (Å²) >= 11 is 8.41. The number of amides is 1. The van der Waals surface area contributed by atoms with Crippen LogP contribution in [0.15, 0.2) is 41.3 Å². The summed E-state index contributed by atoms with van der Waals surface area (Å²) in [4.78, 5) is 24.8. The highest BCUT2D eigenvalue weighted by atomic mass is 127. The van der Waals surface area contributed by atoms with E-state index in [2.05, 4.69) is 0 Å². The third-order valence-corrected chi connectivity index (χ3v) is 5.81. The quantitative estimate of drug-likeness (QED) is 0.214. The number of phenolic OH excluding ortho intramolecular Hbond substituents is 1. The minimum Gasteiger partial charge on any atom is -0.504 e. The van der Waals surface area contributed by atoms with Crippen LogP contribution in [0.5, 0.6) is 11.5 Å². The number of carbonyl (C=O) groups is 1. The van der Waals surface area contributed by atoms with Crippen molar-refractivity contribution in [3.8, 4) is 11.5 Å². The van der Waals surface area contributed by atoms with Crippen molar-refractivity contribution in [2.24, 2.45) is 0 Å². The lowest BCUT2D eigenvalue weighted by Gasteiger charge is -2.14. The van der Waals surface area contributed by atoms with Gasteiger partial charge in [-0.25, -0.2) is 0 Å². The van der Waals surface area contributed by atoms with Crippen LogP contribution in [0.1, 0.15) is 5.56 Å². The van der Waals surface area contributed by atoms with Crippen molar-refractivity contribution in [3.05, 3.63) is 60.6 Å². The smallest absolute Gasteiger partial charge is 0.270 e. The molecule has 1 amide bonds. The van der Waals surface area contributed by atoms with Crippen LogP contribution < -0.4 is 9.64 Å². The SMILES string of the molecule is COc1cc(/C=C2\SC(=S)N(c3ccc([N+](=O)[O-])cc3)C2=O)cc(I)c1O. The van der Waals surface area contributed by atoms with E-state index in [0.29, 0.717) is 29.8 Å². The van der Waals surface area contributed by atoms with Gasteiger partial charge >= 0.3 is 0 Å². The minimum absolute atomic E-state index is 0.0358. The lowest BCUT2D eigenvalue weighted by Crippen LogP contribution is -2.27.